The van der Waals surface area contributed by atoms with Crippen molar-refractivity contribution in [3.05, 3.63) is 77.0 Å². The number of nitrogens with two attached hydrogens (primary N) is 1. The Hall–Kier alpha value is -3.85. The molecule has 2 aromatic heterocycles. The third kappa shape index (κ3) is 3.26. The van der Waals surface area contributed by atoms with E-state index in [1.807, 2.05) is 48.9 Å². The second kappa shape index (κ2) is 7.05. The Balaban J connectivity index is 1.76. The fraction of sp³-hybridized carbons (Fsp3) is 0.136. The van der Waals surface area contributed by atoms with Gasteiger partial charge in [0.15, 0.2) is 0 Å². The number of rotatable bonds is 4. The summed E-state index contributed by atoms with van der Waals surface area (Å²) in [4.78, 5) is 8.72. The molecule has 0 bridgehead atoms. The first kappa shape index (κ1) is 17.6. The standard InChI is InChI=1S/C22H19N5O/c1-14-10-17(12-23)11-15(2)19(14)28-21-18-8-9-27(20(18)25-22(24)26-21)13-16-6-4-3-5-7-16/h3-11H,13H2,1-2H3,(H2,24,25,26). The molecule has 0 unspecified atom stereocenters. The van der Waals surface area contributed by atoms with Crippen molar-refractivity contribution in [3.8, 4) is 17.7 Å². The van der Waals surface area contributed by atoms with Gasteiger partial charge in [0.2, 0.25) is 11.8 Å². The van der Waals surface area contributed by atoms with Crippen molar-refractivity contribution in [2.24, 2.45) is 0 Å². The molecule has 4 rings (SSSR count). The van der Waals surface area contributed by atoms with Crippen LogP contribution in [0.25, 0.3) is 11.0 Å². The Labute approximate surface area is 162 Å². The van der Waals surface area contributed by atoms with Crippen LogP contribution in [0.2, 0.25) is 0 Å². The zero-order valence-corrected chi connectivity index (χ0v) is 15.7. The molecule has 2 N–H and O–H groups in total. The highest BCUT2D eigenvalue weighted by molar-refractivity contribution is 5.83. The number of nitrogen functional groups attached to an aromatic ring is 1. The van der Waals surface area contributed by atoms with Crippen LogP contribution in [0.3, 0.4) is 0 Å². The lowest BCUT2D eigenvalue weighted by Gasteiger charge is -2.13. The lowest BCUT2D eigenvalue weighted by atomic mass is 10.1. The molecule has 0 amide bonds. The van der Waals surface area contributed by atoms with Crippen molar-refractivity contribution in [3.63, 3.8) is 0 Å². The van der Waals surface area contributed by atoms with E-state index in [-0.39, 0.29) is 5.95 Å². The molecule has 0 saturated heterocycles. The molecular weight excluding hydrogens is 350 g/mol. The summed E-state index contributed by atoms with van der Waals surface area (Å²) < 4.78 is 8.17. The maximum atomic E-state index is 9.14. The number of fused-ring (bicyclic) bond motifs is 1. The van der Waals surface area contributed by atoms with E-state index in [0.717, 1.165) is 22.2 Å². The summed E-state index contributed by atoms with van der Waals surface area (Å²) in [5, 5.41) is 9.92. The van der Waals surface area contributed by atoms with Crippen LogP contribution in [-0.4, -0.2) is 14.5 Å². The Kier molecular flexibility index (Phi) is 4.42. The fourth-order valence-corrected chi connectivity index (χ4v) is 3.31. The van der Waals surface area contributed by atoms with Crippen molar-refractivity contribution >= 4 is 17.0 Å². The average molecular weight is 369 g/mol. The lowest BCUT2D eigenvalue weighted by Crippen LogP contribution is -2.04. The zero-order valence-electron chi connectivity index (χ0n) is 15.7. The molecule has 0 aliphatic heterocycles. The van der Waals surface area contributed by atoms with Gasteiger partial charge in [-0.25, -0.2) is 0 Å². The van der Waals surface area contributed by atoms with Crippen LogP contribution in [0, 0.1) is 25.2 Å². The van der Waals surface area contributed by atoms with Gasteiger partial charge in [0.1, 0.15) is 11.4 Å². The number of anilines is 1. The normalized spacial score (nSPS) is 10.8. The van der Waals surface area contributed by atoms with Gasteiger partial charge < -0.3 is 15.0 Å². The van der Waals surface area contributed by atoms with Crippen LogP contribution >= 0.6 is 0 Å². The smallest absolute Gasteiger partial charge is 0.233 e. The number of ether oxygens (including phenoxy) is 1. The SMILES string of the molecule is Cc1cc(C#N)cc(C)c1Oc1nc(N)nc2c1ccn2Cc1ccccc1. The molecular formula is C22H19N5O. The van der Waals surface area contributed by atoms with Crippen LogP contribution < -0.4 is 10.5 Å². The average Bonchev–Trinajstić information content (AvgIpc) is 3.07. The van der Waals surface area contributed by atoms with Gasteiger partial charge in [-0.1, -0.05) is 30.3 Å². The van der Waals surface area contributed by atoms with E-state index in [4.69, 9.17) is 15.7 Å². The fourth-order valence-electron chi connectivity index (χ4n) is 3.31. The summed E-state index contributed by atoms with van der Waals surface area (Å²) in [5.74, 6) is 1.24. The van der Waals surface area contributed by atoms with Crippen molar-refractivity contribution in [2.45, 2.75) is 20.4 Å². The molecule has 0 fully saturated rings. The van der Waals surface area contributed by atoms with Crippen molar-refractivity contribution in [2.75, 3.05) is 5.73 Å². The van der Waals surface area contributed by atoms with Gasteiger partial charge in [0.25, 0.3) is 0 Å². The third-order valence-electron chi connectivity index (χ3n) is 4.58. The predicted octanol–water partition coefficient (Wildman–Crippen LogP) is 4.34. The number of nitriles is 1. The molecule has 0 aliphatic carbocycles. The summed E-state index contributed by atoms with van der Waals surface area (Å²) >= 11 is 0. The van der Waals surface area contributed by atoms with E-state index < -0.39 is 0 Å². The van der Waals surface area contributed by atoms with Crippen LogP contribution in [0.5, 0.6) is 11.6 Å². The summed E-state index contributed by atoms with van der Waals surface area (Å²) in [6.45, 7) is 4.49. The number of hydrogen-bond donors (Lipinski definition) is 1. The number of aromatic nitrogens is 3. The first-order chi connectivity index (χ1) is 13.5. The van der Waals surface area contributed by atoms with Crippen molar-refractivity contribution in [1.82, 2.24) is 14.5 Å². The van der Waals surface area contributed by atoms with Gasteiger partial charge in [0, 0.05) is 12.7 Å². The van der Waals surface area contributed by atoms with E-state index in [2.05, 4.69) is 28.2 Å². The Morgan fingerprint density at radius 1 is 1.07 bits per heavy atom. The highest BCUT2D eigenvalue weighted by Gasteiger charge is 2.15. The first-order valence-corrected chi connectivity index (χ1v) is 8.90. The minimum atomic E-state index is 0.152. The van der Waals surface area contributed by atoms with Gasteiger partial charge in [-0.2, -0.15) is 15.2 Å². The highest BCUT2D eigenvalue weighted by atomic mass is 16.5. The summed E-state index contributed by atoms with van der Waals surface area (Å²) in [7, 11) is 0. The number of hydrogen-bond acceptors (Lipinski definition) is 5. The largest absolute Gasteiger partial charge is 0.438 e. The molecule has 4 aromatic rings. The maximum absolute atomic E-state index is 9.14. The van der Waals surface area contributed by atoms with E-state index in [9.17, 15) is 0 Å². The van der Waals surface area contributed by atoms with E-state index in [0.29, 0.717) is 23.7 Å². The predicted molar refractivity (Wildman–Crippen MR) is 108 cm³/mol. The Morgan fingerprint density at radius 3 is 2.46 bits per heavy atom. The first-order valence-electron chi connectivity index (χ1n) is 8.90. The molecule has 2 aromatic carbocycles. The van der Waals surface area contributed by atoms with E-state index >= 15 is 0 Å². The molecule has 28 heavy (non-hydrogen) atoms. The molecule has 0 spiro atoms. The minimum absolute atomic E-state index is 0.152. The second-order valence-corrected chi connectivity index (χ2v) is 6.71. The lowest BCUT2D eigenvalue weighted by molar-refractivity contribution is 0.462. The minimum Gasteiger partial charge on any atom is -0.438 e. The van der Waals surface area contributed by atoms with Gasteiger partial charge in [-0.05, 0) is 48.7 Å². The maximum Gasteiger partial charge on any atom is 0.233 e. The van der Waals surface area contributed by atoms with Crippen LogP contribution in [0.4, 0.5) is 5.95 Å². The monoisotopic (exact) mass is 369 g/mol. The molecule has 0 saturated carbocycles. The van der Waals surface area contributed by atoms with Crippen LogP contribution in [0.15, 0.2) is 54.7 Å². The number of nitrogens with zero attached hydrogens (tertiary/aromatic N) is 4. The van der Waals surface area contributed by atoms with Gasteiger partial charge in [-0.15, -0.1) is 0 Å². The third-order valence-corrected chi connectivity index (χ3v) is 4.58. The van der Waals surface area contributed by atoms with Crippen LogP contribution in [-0.2, 0) is 6.54 Å². The molecule has 6 heteroatoms. The summed E-state index contributed by atoms with van der Waals surface area (Å²) in [6.07, 6.45) is 1.96. The molecule has 2 heterocycles. The van der Waals surface area contributed by atoms with E-state index in [1.54, 1.807) is 12.1 Å². The zero-order chi connectivity index (χ0) is 19.7. The van der Waals surface area contributed by atoms with Crippen molar-refractivity contribution in [1.29, 1.82) is 5.26 Å². The van der Waals surface area contributed by atoms with Gasteiger partial charge in [-0.3, -0.25) is 0 Å². The van der Waals surface area contributed by atoms with Gasteiger partial charge in [0.05, 0.1) is 17.0 Å². The second-order valence-electron chi connectivity index (χ2n) is 6.71. The molecule has 0 atom stereocenters. The molecule has 0 radical (unpaired) electrons. The van der Waals surface area contributed by atoms with Crippen molar-refractivity contribution < 1.29 is 4.74 Å². The molecule has 6 nitrogen and oxygen atoms in total. The molecule has 0 aliphatic rings. The van der Waals surface area contributed by atoms with Crippen LogP contribution in [0.1, 0.15) is 22.3 Å². The Bertz CT molecular complexity index is 1180. The van der Waals surface area contributed by atoms with E-state index in [1.165, 1.54) is 5.56 Å². The summed E-state index contributed by atoms with van der Waals surface area (Å²) in [6, 6.07) is 17.8. The number of aryl methyl sites for hydroxylation is 2. The molecule has 138 valence electrons. The Morgan fingerprint density at radius 2 is 1.79 bits per heavy atom. The topological polar surface area (TPSA) is 89.8 Å². The van der Waals surface area contributed by atoms with Gasteiger partial charge >= 0.3 is 0 Å². The quantitative estimate of drug-likeness (QED) is 0.578. The number of benzene rings is 2. The summed E-state index contributed by atoms with van der Waals surface area (Å²) in [5.41, 5.74) is 10.2. The highest BCUT2D eigenvalue weighted by Crippen LogP contribution is 2.33.